The zero-order valence-corrected chi connectivity index (χ0v) is 12.0. The van der Waals surface area contributed by atoms with Crippen molar-refractivity contribution >= 4 is 31.9 Å². The van der Waals surface area contributed by atoms with E-state index in [4.69, 9.17) is 0 Å². The summed E-state index contributed by atoms with van der Waals surface area (Å²) in [6, 6.07) is 0. The third kappa shape index (κ3) is 3.14. The summed E-state index contributed by atoms with van der Waals surface area (Å²) in [6.45, 7) is 4.96. The van der Waals surface area contributed by atoms with E-state index >= 15 is 0 Å². The molecule has 1 aromatic heterocycles. The molecule has 0 spiro atoms. The number of nitrogens with zero attached hydrogens (tertiary/aromatic N) is 2. The molecule has 0 aromatic carbocycles. The molecule has 84 valence electrons. The Morgan fingerprint density at radius 2 is 2.00 bits per heavy atom. The zero-order chi connectivity index (χ0) is 11.4. The van der Waals surface area contributed by atoms with Gasteiger partial charge in [-0.15, -0.1) is 0 Å². The first-order chi connectivity index (χ1) is 7.10. The number of aromatic nitrogens is 2. The third-order valence-corrected chi connectivity index (χ3v) is 4.43. The van der Waals surface area contributed by atoms with Crippen molar-refractivity contribution in [2.75, 3.05) is 0 Å². The summed E-state index contributed by atoms with van der Waals surface area (Å²) >= 11 is 6.50. The second kappa shape index (κ2) is 5.80. The molecule has 0 saturated heterocycles. The van der Waals surface area contributed by atoms with Gasteiger partial charge in [0.05, 0.1) is 10.7 Å². The normalized spacial score (nSPS) is 11.0. The molecule has 0 aliphatic carbocycles. The van der Waals surface area contributed by atoms with Gasteiger partial charge < -0.3 is 0 Å². The van der Waals surface area contributed by atoms with Crippen LogP contribution in [0.4, 0.5) is 0 Å². The second-order valence-electron chi connectivity index (χ2n) is 3.48. The van der Waals surface area contributed by atoms with E-state index in [1.807, 2.05) is 0 Å². The van der Waals surface area contributed by atoms with E-state index < -0.39 is 0 Å². The maximum absolute atomic E-state index is 11.8. The van der Waals surface area contributed by atoms with Crippen LogP contribution in [0.25, 0.3) is 0 Å². The van der Waals surface area contributed by atoms with Gasteiger partial charge in [0.2, 0.25) is 0 Å². The lowest BCUT2D eigenvalue weighted by Gasteiger charge is -2.13. The minimum Gasteiger partial charge on any atom is -0.266 e. The summed E-state index contributed by atoms with van der Waals surface area (Å²) in [6.07, 6.45) is 3.78. The Balaban J connectivity index is 2.96. The van der Waals surface area contributed by atoms with E-state index in [1.165, 1.54) is 4.68 Å². The molecule has 0 unspecified atom stereocenters. The number of rotatable bonds is 4. The van der Waals surface area contributed by atoms with Crippen molar-refractivity contribution in [1.29, 1.82) is 0 Å². The maximum atomic E-state index is 11.8. The summed E-state index contributed by atoms with van der Waals surface area (Å²) in [7, 11) is 0. The highest BCUT2D eigenvalue weighted by Gasteiger charge is 2.10. The minimum absolute atomic E-state index is 0.0729. The van der Waals surface area contributed by atoms with Gasteiger partial charge in [-0.25, -0.2) is 4.68 Å². The van der Waals surface area contributed by atoms with Crippen LogP contribution in [-0.4, -0.2) is 9.78 Å². The first-order valence-electron chi connectivity index (χ1n) is 5.01. The Bertz CT molecular complexity index is 385. The van der Waals surface area contributed by atoms with E-state index in [1.54, 1.807) is 6.20 Å². The Hall–Kier alpha value is -0.160. The number of halogens is 2. The fourth-order valence-electron chi connectivity index (χ4n) is 1.37. The smallest absolute Gasteiger partial charge is 0.266 e. The van der Waals surface area contributed by atoms with Crippen LogP contribution >= 0.6 is 31.9 Å². The van der Waals surface area contributed by atoms with Crippen molar-refractivity contribution in [1.82, 2.24) is 9.78 Å². The molecule has 1 rings (SSSR count). The van der Waals surface area contributed by atoms with Crippen LogP contribution in [0.1, 0.15) is 26.7 Å². The molecule has 0 atom stereocenters. The highest BCUT2D eigenvalue weighted by Crippen LogP contribution is 2.17. The molecule has 0 amide bonds. The molecular weight excluding hydrogens is 324 g/mol. The molecule has 15 heavy (non-hydrogen) atoms. The van der Waals surface area contributed by atoms with Crippen LogP contribution in [-0.2, 0) is 6.54 Å². The zero-order valence-electron chi connectivity index (χ0n) is 8.83. The van der Waals surface area contributed by atoms with Crippen LogP contribution in [0.5, 0.6) is 0 Å². The van der Waals surface area contributed by atoms with Gasteiger partial charge in [0, 0.05) is 6.54 Å². The monoisotopic (exact) mass is 336 g/mol. The van der Waals surface area contributed by atoms with Crippen LogP contribution in [0, 0.1) is 5.92 Å². The molecule has 0 bridgehead atoms. The molecule has 1 heterocycles. The molecule has 0 saturated carbocycles. The number of hydrogen-bond acceptors (Lipinski definition) is 2. The van der Waals surface area contributed by atoms with Crippen molar-refractivity contribution in [3.8, 4) is 0 Å². The summed E-state index contributed by atoms with van der Waals surface area (Å²) in [5.41, 5.74) is -0.0729. The van der Waals surface area contributed by atoms with Crippen molar-refractivity contribution in [3.05, 3.63) is 25.5 Å². The van der Waals surface area contributed by atoms with E-state index in [9.17, 15) is 4.79 Å². The highest BCUT2D eigenvalue weighted by molar-refractivity contribution is 9.13. The van der Waals surface area contributed by atoms with Gasteiger partial charge in [0.1, 0.15) is 4.47 Å². The molecule has 0 aliphatic heterocycles. The predicted molar refractivity (Wildman–Crippen MR) is 68.0 cm³/mol. The third-order valence-electron chi connectivity index (χ3n) is 2.53. The van der Waals surface area contributed by atoms with Crippen LogP contribution in [0.15, 0.2) is 19.9 Å². The van der Waals surface area contributed by atoms with Gasteiger partial charge in [-0.1, -0.05) is 26.7 Å². The van der Waals surface area contributed by atoms with Crippen LogP contribution in [0.2, 0.25) is 0 Å². The summed E-state index contributed by atoms with van der Waals surface area (Å²) < 4.78 is 2.77. The average Bonchev–Trinajstić information content (AvgIpc) is 2.25. The lowest BCUT2D eigenvalue weighted by molar-refractivity contribution is 0.383. The average molecular weight is 338 g/mol. The molecule has 5 heteroatoms. The van der Waals surface area contributed by atoms with Crippen LogP contribution < -0.4 is 5.56 Å². The summed E-state index contributed by atoms with van der Waals surface area (Å²) in [5.74, 6) is 0.517. The van der Waals surface area contributed by atoms with Crippen molar-refractivity contribution < 1.29 is 0 Å². The van der Waals surface area contributed by atoms with Gasteiger partial charge in [-0.05, 0) is 37.8 Å². The molecule has 1 aromatic rings. The Morgan fingerprint density at radius 3 is 2.53 bits per heavy atom. The second-order valence-corrected chi connectivity index (χ2v) is 5.12. The van der Waals surface area contributed by atoms with E-state index in [0.717, 1.165) is 12.8 Å². The lowest BCUT2D eigenvalue weighted by atomic mass is 10.0. The molecule has 0 N–H and O–H groups in total. The van der Waals surface area contributed by atoms with Crippen LogP contribution in [0.3, 0.4) is 0 Å². The predicted octanol–water partition coefficient (Wildman–Crippen LogP) is 3.20. The first-order valence-corrected chi connectivity index (χ1v) is 6.59. The van der Waals surface area contributed by atoms with Gasteiger partial charge in [0.25, 0.3) is 5.56 Å². The molecule has 3 nitrogen and oxygen atoms in total. The lowest BCUT2D eigenvalue weighted by Crippen LogP contribution is -2.26. The minimum atomic E-state index is -0.0729. The Kier molecular flexibility index (Phi) is 4.99. The Labute approximate surface area is 106 Å². The van der Waals surface area contributed by atoms with E-state index in [0.29, 0.717) is 21.4 Å². The van der Waals surface area contributed by atoms with Gasteiger partial charge in [0.15, 0.2) is 0 Å². The van der Waals surface area contributed by atoms with Crippen molar-refractivity contribution in [3.63, 3.8) is 0 Å². The Morgan fingerprint density at radius 1 is 1.40 bits per heavy atom. The SMILES string of the molecule is CCC(CC)Cn1ncc(Br)c(Br)c1=O. The van der Waals surface area contributed by atoms with Gasteiger partial charge in [-0.2, -0.15) is 5.10 Å². The summed E-state index contributed by atoms with van der Waals surface area (Å²) in [4.78, 5) is 11.8. The number of hydrogen-bond donors (Lipinski definition) is 0. The first kappa shape index (κ1) is 12.9. The fourth-order valence-corrected chi connectivity index (χ4v) is 1.93. The van der Waals surface area contributed by atoms with Gasteiger partial charge >= 0.3 is 0 Å². The molecule has 0 aliphatic rings. The van der Waals surface area contributed by atoms with E-state index in [2.05, 4.69) is 50.8 Å². The van der Waals surface area contributed by atoms with E-state index in [-0.39, 0.29) is 5.56 Å². The highest BCUT2D eigenvalue weighted by atomic mass is 79.9. The molecule has 0 radical (unpaired) electrons. The standard InChI is InChI=1S/C10H14Br2N2O/c1-3-7(4-2)6-14-10(15)9(12)8(11)5-13-14/h5,7H,3-4,6H2,1-2H3. The molecule has 0 fully saturated rings. The maximum Gasteiger partial charge on any atom is 0.282 e. The topological polar surface area (TPSA) is 34.9 Å². The summed E-state index contributed by atoms with van der Waals surface area (Å²) in [5, 5.41) is 4.10. The molecular formula is C10H14Br2N2O. The van der Waals surface area contributed by atoms with Gasteiger partial charge in [-0.3, -0.25) is 4.79 Å². The largest absolute Gasteiger partial charge is 0.282 e. The van der Waals surface area contributed by atoms with Crippen molar-refractivity contribution in [2.45, 2.75) is 33.2 Å². The quantitative estimate of drug-likeness (QED) is 0.845. The fraction of sp³-hybridized carbons (Fsp3) is 0.600. The van der Waals surface area contributed by atoms with Crippen molar-refractivity contribution in [2.24, 2.45) is 5.92 Å².